The Morgan fingerprint density at radius 2 is 1.83 bits per heavy atom. The van der Waals surface area contributed by atoms with Crippen LogP contribution in [0.5, 0.6) is 0 Å². The van der Waals surface area contributed by atoms with Gasteiger partial charge in [-0.2, -0.15) is 0 Å². The maximum Gasteiger partial charge on any atom is 0.219 e. The summed E-state index contributed by atoms with van der Waals surface area (Å²) >= 11 is 0. The van der Waals surface area contributed by atoms with E-state index in [1.165, 1.54) is 5.56 Å². The Kier molecular flexibility index (Phi) is 5.02. The molecule has 0 aliphatic carbocycles. The van der Waals surface area contributed by atoms with Crippen LogP contribution in [0.1, 0.15) is 31.7 Å². The molecule has 2 aliphatic rings. The van der Waals surface area contributed by atoms with Crippen LogP contribution >= 0.6 is 0 Å². The number of aliphatic hydroxyl groups is 1. The van der Waals surface area contributed by atoms with Crippen LogP contribution in [0.3, 0.4) is 0 Å². The third-order valence-corrected chi connectivity index (χ3v) is 5.95. The number of piperidine rings is 2. The maximum atomic E-state index is 11.6. The summed E-state index contributed by atoms with van der Waals surface area (Å²) in [5.74, 6) is 0.374. The second kappa shape index (κ2) is 7.02. The highest BCUT2D eigenvalue weighted by Crippen LogP contribution is 2.45. The summed E-state index contributed by atoms with van der Waals surface area (Å²) in [6, 6.07) is 10.6. The van der Waals surface area contributed by atoms with E-state index in [4.69, 9.17) is 0 Å². The summed E-state index contributed by atoms with van der Waals surface area (Å²) in [6.45, 7) is 6.60. The van der Waals surface area contributed by atoms with Crippen molar-refractivity contribution >= 4 is 5.91 Å². The van der Waals surface area contributed by atoms with Gasteiger partial charge in [-0.1, -0.05) is 30.3 Å². The van der Waals surface area contributed by atoms with E-state index in [1.54, 1.807) is 6.92 Å². The standard InChI is InChI=1S/C19H28N2O2/c1-16(23)21-12-9-19(18(14-21)15-22)7-10-20(11-8-19)13-17-5-3-2-4-6-17/h2-6,18,22H,7-15H2,1H3/t18-/m1/s1. The molecule has 2 saturated heterocycles. The molecule has 1 aromatic rings. The van der Waals surface area contributed by atoms with Crippen LogP contribution in [-0.2, 0) is 11.3 Å². The van der Waals surface area contributed by atoms with Crippen molar-refractivity contribution in [3.63, 3.8) is 0 Å². The molecule has 1 amide bonds. The Morgan fingerprint density at radius 3 is 2.43 bits per heavy atom. The van der Waals surface area contributed by atoms with Crippen molar-refractivity contribution in [1.82, 2.24) is 9.80 Å². The average Bonchev–Trinajstić information content (AvgIpc) is 2.58. The predicted octanol–water partition coefficient (Wildman–Crippen LogP) is 2.13. The largest absolute Gasteiger partial charge is 0.396 e. The van der Waals surface area contributed by atoms with Crippen molar-refractivity contribution < 1.29 is 9.90 Å². The van der Waals surface area contributed by atoms with Crippen molar-refractivity contribution in [3.8, 4) is 0 Å². The molecule has 23 heavy (non-hydrogen) atoms. The lowest BCUT2D eigenvalue weighted by atomic mass is 9.64. The lowest BCUT2D eigenvalue weighted by Crippen LogP contribution is -2.54. The zero-order valence-corrected chi connectivity index (χ0v) is 14.1. The second-order valence-corrected chi connectivity index (χ2v) is 7.22. The Bertz CT molecular complexity index is 523. The molecule has 0 radical (unpaired) electrons. The molecule has 2 heterocycles. The van der Waals surface area contributed by atoms with E-state index in [0.717, 1.165) is 52.0 Å². The van der Waals surface area contributed by atoms with Gasteiger partial charge in [0.15, 0.2) is 0 Å². The molecule has 1 atom stereocenters. The fourth-order valence-electron chi connectivity index (χ4n) is 4.31. The fraction of sp³-hybridized carbons (Fsp3) is 0.632. The molecule has 1 spiro atoms. The zero-order valence-electron chi connectivity index (χ0n) is 14.1. The number of hydrogen-bond donors (Lipinski definition) is 1. The van der Waals surface area contributed by atoms with E-state index >= 15 is 0 Å². The Balaban J connectivity index is 1.59. The summed E-state index contributed by atoms with van der Waals surface area (Å²) in [6.07, 6.45) is 3.31. The molecule has 2 fully saturated rings. The Labute approximate surface area is 139 Å². The number of carbonyl (C=O) groups excluding carboxylic acids is 1. The number of benzene rings is 1. The lowest BCUT2D eigenvalue weighted by molar-refractivity contribution is -0.135. The first-order valence-corrected chi connectivity index (χ1v) is 8.76. The third kappa shape index (κ3) is 3.59. The minimum atomic E-state index is 0.139. The number of rotatable bonds is 3. The predicted molar refractivity (Wildman–Crippen MR) is 90.8 cm³/mol. The molecule has 3 rings (SSSR count). The number of aliphatic hydroxyl groups excluding tert-OH is 1. The zero-order chi connectivity index (χ0) is 16.3. The van der Waals surface area contributed by atoms with Gasteiger partial charge in [0.2, 0.25) is 5.91 Å². The molecule has 4 nitrogen and oxygen atoms in total. The van der Waals surface area contributed by atoms with Gasteiger partial charge >= 0.3 is 0 Å². The van der Waals surface area contributed by atoms with Crippen molar-refractivity contribution in [2.24, 2.45) is 11.3 Å². The highest BCUT2D eigenvalue weighted by Gasteiger charge is 2.44. The highest BCUT2D eigenvalue weighted by atomic mass is 16.3. The number of carbonyl (C=O) groups is 1. The van der Waals surface area contributed by atoms with Crippen molar-refractivity contribution in [3.05, 3.63) is 35.9 Å². The van der Waals surface area contributed by atoms with Gasteiger partial charge in [-0.25, -0.2) is 0 Å². The van der Waals surface area contributed by atoms with Gasteiger partial charge in [-0.3, -0.25) is 9.69 Å². The quantitative estimate of drug-likeness (QED) is 0.929. The van der Waals surface area contributed by atoms with Crippen LogP contribution < -0.4 is 0 Å². The second-order valence-electron chi connectivity index (χ2n) is 7.22. The van der Waals surface area contributed by atoms with Crippen LogP contribution in [-0.4, -0.2) is 53.6 Å². The van der Waals surface area contributed by atoms with Gasteiger partial charge in [0, 0.05) is 39.1 Å². The maximum absolute atomic E-state index is 11.6. The third-order valence-electron chi connectivity index (χ3n) is 5.95. The number of nitrogens with zero attached hydrogens (tertiary/aromatic N) is 2. The SMILES string of the molecule is CC(=O)N1CCC2(CCN(Cc3ccccc3)CC2)[C@@H](CO)C1. The first-order chi connectivity index (χ1) is 11.1. The Hall–Kier alpha value is -1.39. The topological polar surface area (TPSA) is 43.8 Å². The van der Waals surface area contributed by atoms with Crippen LogP contribution in [0.2, 0.25) is 0 Å². The molecular formula is C19H28N2O2. The first kappa shape index (κ1) is 16.5. The first-order valence-electron chi connectivity index (χ1n) is 8.76. The number of hydrogen-bond acceptors (Lipinski definition) is 3. The molecule has 0 bridgehead atoms. The molecular weight excluding hydrogens is 288 g/mol. The van der Waals surface area contributed by atoms with E-state index in [1.807, 2.05) is 4.90 Å². The fourth-order valence-corrected chi connectivity index (χ4v) is 4.31. The summed E-state index contributed by atoms with van der Waals surface area (Å²) in [5, 5.41) is 9.86. The minimum Gasteiger partial charge on any atom is -0.396 e. The van der Waals surface area contributed by atoms with Gasteiger partial charge in [-0.05, 0) is 43.3 Å². The van der Waals surface area contributed by atoms with E-state index < -0.39 is 0 Å². The van der Waals surface area contributed by atoms with Crippen LogP contribution in [0.4, 0.5) is 0 Å². The molecule has 0 unspecified atom stereocenters. The lowest BCUT2D eigenvalue weighted by Gasteiger charge is -2.51. The van der Waals surface area contributed by atoms with Crippen molar-refractivity contribution in [2.45, 2.75) is 32.7 Å². The van der Waals surface area contributed by atoms with Crippen LogP contribution in [0, 0.1) is 11.3 Å². The molecule has 126 valence electrons. The highest BCUT2D eigenvalue weighted by molar-refractivity contribution is 5.73. The Morgan fingerprint density at radius 1 is 1.17 bits per heavy atom. The number of likely N-dealkylation sites (tertiary alicyclic amines) is 2. The molecule has 0 saturated carbocycles. The summed E-state index contributed by atoms with van der Waals surface area (Å²) < 4.78 is 0. The normalized spacial score (nSPS) is 24.8. The van der Waals surface area contributed by atoms with Crippen molar-refractivity contribution in [2.75, 3.05) is 32.8 Å². The average molecular weight is 316 g/mol. The molecule has 1 N–H and O–H groups in total. The van der Waals surface area contributed by atoms with Gasteiger partial charge < -0.3 is 10.0 Å². The van der Waals surface area contributed by atoms with Crippen LogP contribution in [0.25, 0.3) is 0 Å². The van der Waals surface area contributed by atoms with Gasteiger partial charge in [-0.15, -0.1) is 0 Å². The monoisotopic (exact) mass is 316 g/mol. The van der Waals surface area contributed by atoms with Gasteiger partial charge in [0.05, 0.1) is 0 Å². The smallest absolute Gasteiger partial charge is 0.219 e. The van der Waals surface area contributed by atoms with Crippen LogP contribution in [0.15, 0.2) is 30.3 Å². The molecule has 2 aliphatic heterocycles. The minimum absolute atomic E-state index is 0.139. The van der Waals surface area contributed by atoms with E-state index in [9.17, 15) is 9.90 Å². The van der Waals surface area contributed by atoms with Crippen molar-refractivity contribution in [1.29, 1.82) is 0 Å². The number of amides is 1. The van der Waals surface area contributed by atoms with E-state index in [0.29, 0.717) is 0 Å². The van der Waals surface area contributed by atoms with E-state index in [2.05, 4.69) is 35.2 Å². The van der Waals surface area contributed by atoms with E-state index in [-0.39, 0.29) is 23.8 Å². The summed E-state index contributed by atoms with van der Waals surface area (Å²) in [4.78, 5) is 16.0. The molecule has 0 aromatic heterocycles. The molecule has 4 heteroatoms. The summed E-state index contributed by atoms with van der Waals surface area (Å²) in [7, 11) is 0. The van der Waals surface area contributed by atoms with Gasteiger partial charge in [0.25, 0.3) is 0 Å². The molecule has 1 aromatic carbocycles. The summed E-state index contributed by atoms with van der Waals surface area (Å²) in [5.41, 5.74) is 1.60. The van der Waals surface area contributed by atoms with Gasteiger partial charge in [0.1, 0.15) is 0 Å².